The van der Waals surface area contributed by atoms with Gasteiger partial charge in [0.25, 0.3) is 0 Å². The zero-order valence-electron chi connectivity index (χ0n) is 16.7. The molecule has 5 rings (SSSR count). The van der Waals surface area contributed by atoms with Gasteiger partial charge >= 0.3 is 10.2 Å². The molecule has 10 heteroatoms. The molecular weight excluding hydrogens is 404 g/mol. The smallest absolute Gasteiger partial charge is 0.304 e. The maximum Gasteiger partial charge on any atom is 0.304 e. The Morgan fingerprint density at radius 3 is 2.73 bits per heavy atom. The first-order valence-electron chi connectivity index (χ1n) is 9.96. The highest BCUT2D eigenvalue weighted by Crippen LogP contribution is 2.47. The number of aromatic nitrogens is 3. The fourth-order valence-corrected chi connectivity index (χ4v) is 5.62. The summed E-state index contributed by atoms with van der Waals surface area (Å²) < 4.78 is 29.1. The SMILES string of the molecule is CN(OCc1ccccc1)S(=O)(=O)N1CCN(c2ncnc3[nH]ccc23)CC12CC2. The minimum atomic E-state index is -3.74. The highest BCUT2D eigenvalue weighted by Gasteiger charge is 2.57. The van der Waals surface area contributed by atoms with Gasteiger partial charge in [-0.15, -0.1) is 0 Å². The van der Waals surface area contributed by atoms with Gasteiger partial charge in [-0.05, 0) is 24.5 Å². The molecule has 0 bridgehead atoms. The van der Waals surface area contributed by atoms with E-state index in [0.29, 0.717) is 19.6 Å². The van der Waals surface area contributed by atoms with Gasteiger partial charge in [0.05, 0.1) is 17.5 Å². The van der Waals surface area contributed by atoms with Crippen LogP contribution in [0.3, 0.4) is 0 Å². The molecule has 1 N–H and O–H groups in total. The van der Waals surface area contributed by atoms with Crippen molar-refractivity contribution in [1.82, 2.24) is 23.7 Å². The van der Waals surface area contributed by atoms with Crippen LogP contribution in [-0.4, -0.2) is 64.4 Å². The Labute approximate surface area is 175 Å². The number of rotatable bonds is 6. The topological polar surface area (TPSA) is 94.7 Å². The Bertz CT molecular complexity index is 1150. The summed E-state index contributed by atoms with van der Waals surface area (Å²) in [7, 11) is -2.27. The van der Waals surface area contributed by atoms with E-state index in [1.165, 1.54) is 7.05 Å². The Morgan fingerprint density at radius 1 is 1.17 bits per heavy atom. The molecule has 1 saturated heterocycles. The van der Waals surface area contributed by atoms with Crippen molar-refractivity contribution in [2.45, 2.75) is 25.0 Å². The van der Waals surface area contributed by atoms with E-state index in [-0.39, 0.29) is 6.61 Å². The predicted octanol–water partition coefficient (Wildman–Crippen LogP) is 1.92. The van der Waals surface area contributed by atoms with Crippen molar-refractivity contribution in [3.63, 3.8) is 0 Å². The Morgan fingerprint density at radius 2 is 1.97 bits per heavy atom. The summed E-state index contributed by atoms with van der Waals surface area (Å²) >= 11 is 0. The van der Waals surface area contributed by atoms with Crippen LogP contribution in [0.5, 0.6) is 0 Å². The van der Waals surface area contributed by atoms with Crippen LogP contribution in [0.2, 0.25) is 0 Å². The van der Waals surface area contributed by atoms with Crippen molar-refractivity contribution in [1.29, 1.82) is 0 Å². The second-order valence-electron chi connectivity index (χ2n) is 7.83. The number of hydroxylamine groups is 1. The second-order valence-corrected chi connectivity index (χ2v) is 9.68. The largest absolute Gasteiger partial charge is 0.353 e. The monoisotopic (exact) mass is 428 g/mol. The van der Waals surface area contributed by atoms with Gasteiger partial charge in [0, 0.05) is 32.9 Å². The number of anilines is 1. The molecule has 2 aromatic heterocycles. The van der Waals surface area contributed by atoms with Crippen LogP contribution >= 0.6 is 0 Å². The van der Waals surface area contributed by atoms with E-state index < -0.39 is 15.7 Å². The van der Waals surface area contributed by atoms with Crippen molar-refractivity contribution in [2.75, 3.05) is 31.6 Å². The summed E-state index contributed by atoms with van der Waals surface area (Å²) in [5.74, 6) is 0.846. The van der Waals surface area contributed by atoms with Gasteiger partial charge in [0.1, 0.15) is 17.8 Å². The van der Waals surface area contributed by atoms with Crippen LogP contribution < -0.4 is 4.90 Å². The molecule has 1 aliphatic heterocycles. The first kappa shape index (κ1) is 19.4. The summed E-state index contributed by atoms with van der Waals surface area (Å²) in [5.41, 5.74) is 1.30. The Balaban J connectivity index is 1.32. The lowest BCUT2D eigenvalue weighted by molar-refractivity contribution is -0.0829. The van der Waals surface area contributed by atoms with Gasteiger partial charge < -0.3 is 9.88 Å². The quantitative estimate of drug-likeness (QED) is 0.603. The molecule has 0 amide bonds. The number of hydrogen-bond donors (Lipinski definition) is 1. The third-order valence-corrected chi connectivity index (χ3v) is 7.79. The first-order valence-corrected chi connectivity index (χ1v) is 11.4. The molecule has 3 heterocycles. The number of aromatic amines is 1. The molecule has 9 nitrogen and oxygen atoms in total. The van der Waals surface area contributed by atoms with E-state index in [9.17, 15) is 8.42 Å². The van der Waals surface area contributed by atoms with Gasteiger partial charge in [0.2, 0.25) is 0 Å². The number of hydrogen-bond acceptors (Lipinski definition) is 6. The zero-order chi connectivity index (χ0) is 20.8. The summed E-state index contributed by atoms with van der Waals surface area (Å²) in [4.78, 5) is 19.6. The van der Waals surface area contributed by atoms with Gasteiger partial charge in [-0.25, -0.2) is 9.97 Å². The van der Waals surface area contributed by atoms with Gasteiger partial charge in [-0.1, -0.05) is 34.8 Å². The van der Waals surface area contributed by atoms with Crippen LogP contribution in [0, 0.1) is 0 Å². The molecule has 1 aromatic carbocycles. The van der Waals surface area contributed by atoms with Crippen LogP contribution in [-0.2, 0) is 21.7 Å². The normalized spacial score (nSPS) is 19.1. The Kier molecular flexibility index (Phi) is 4.73. The van der Waals surface area contributed by atoms with Crippen molar-refractivity contribution in [3.8, 4) is 0 Å². The van der Waals surface area contributed by atoms with Crippen molar-refractivity contribution in [3.05, 3.63) is 54.5 Å². The Hall–Kier alpha value is -2.53. The van der Waals surface area contributed by atoms with Crippen LogP contribution in [0.1, 0.15) is 18.4 Å². The summed E-state index contributed by atoms with van der Waals surface area (Å²) in [5, 5.41) is 0.952. The standard InChI is InChI=1S/C20H24N6O3S/c1-24(29-13-16-5-3-2-4-6-16)30(27,28)26-12-11-25(14-20(26)8-9-20)19-17-7-10-21-18(17)22-15-23-19/h2-7,10,15H,8-9,11-14H2,1H3,(H,21,22,23). The summed E-state index contributed by atoms with van der Waals surface area (Å²) in [6.07, 6.45) is 5.05. The molecular formula is C20H24N6O3S. The number of H-pyrrole nitrogens is 1. The third kappa shape index (κ3) is 3.35. The molecule has 1 spiro atoms. The number of nitrogens with one attached hydrogen (secondary N) is 1. The molecule has 30 heavy (non-hydrogen) atoms. The zero-order valence-corrected chi connectivity index (χ0v) is 17.5. The lowest BCUT2D eigenvalue weighted by Gasteiger charge is -2.42. The maximum absolute atomic E-state index is 13.3. The number of piperazine rings is 1. The van der Waals surface area contributed by atoms with Gasteiger partial charge in [0.15, 0.2) is 0 Å². The average molecular weight is 429 g/mol. The van der Waals surface area contributed by atoms with Crippen LogP contribution in [0.15, 0.2) is 48.9 Å². The third-order valence-electron chi connectivity index (χ3n) is 5.91. The van der Waals surface area contributed by atoms with Crippen molar-refractivity contribution >= 4 is 27.1 Å². The van der Waals surface area contributed by atoms with E-state index >= 15 is 0 Å². The van der Waals surface area contributed by atoms with Crippen LogP contribution in [0.4, 0.5) is 5.82 Å². The lowest BCUT2D eigenvalue weighted by Crippen LogP contribution is -2.59. The fraction of sp³-hybridized carbons (Fsp3) is 0.400. The summed E-state index contributed by atoms with van der Waals surface area (Å²) in [6.45, 7) is 1.76. The molecule has 1 saturated carbocycles. The fourth-order valence-electron chi connectivity index (χ4n) is 4.11. The lowest BCUT2D eigenvalue weighted by atomic mass is 10.2. The highest BCUT2D eigenvalue weighted by atomic mass is 32.2. The number of fused-ring (bicyclic) bond motifs is 1. The molecule has 2 aliphatic rings. The minimum absolute atomic E-state index is 0.204. The van der Waals surface area contributed by atoms with E-state index in [0.717, 1.165) is 39.7 Å². The number of benzene rings is 1. The molecule has 2 fully saturated rings. The minimum Gasteiger partial charge on any atom is -0.353 e. The molecule has 0 unspecified atom stereocenters. The average Bonchev–Trinajstić information content (AvgIpc) is 3.33. The van der Waals surface area contributed by atoms with Crippen molar-refractivity contribution in [2.24, 2.45) is 0 Å². The van der Waals surface area contributed by atoms with E-state index in [1.807, 2.05) is 42.6 Å². The second kappa shape index (κ2) is 7.31. The maximum atomic E-state index is 13.3. The molecule has 0 atom stereocenters. The van der Waals surface area contributed by atoms with Crippen molar-refractivity contribution < 1.29 is 13.3 Å². The van der Waals surface area contributed by atoms with Gasteiger partial charge in [-0.2, -0.15) is 12.7 Å². The first-order chi connectivity index (χ1) is 14.5. The van der Waals surface area contributed by atoms with E-state index in [1.54, 1.807) is 10.6 Å². The van der Waals surface area contributed by atoms with E-state index in [4.69, 9.17) is 4.84 Å². The highest BCUT2D eigenvalue weighted by molar-refractivity contribution is 7.86. The number of nitrogens with zero attached hydrogens (tertiary/aromatic N) is 5. The van der Waals surface area contributed by atoms with Crippen LogP contribution in [0.25, 0.3) is 11.0 Å². The predicted molar refractivity (Wildman–Crippen MR) is 113 cm³/mol. The van der Waals surface area contributed by atoms with E-state index in [2.05, 4.69) is 19.9 Å². The van der Waals surface area contributed by atoms with Gasteiger partial charge in [-0.3, -0.25) is 4.84 Å². The molecule has 158 valence electrons. The molecule has 0 radical (unpaired) electrons. The molecule has 3 aromatic rings. The summed E-state index contributed by atoms with van der Waals surface area (Å²) in [6, 6.07) is 11.5. The molecule has 1 aliphatic carbocycles.